The first-order chi connectivity index (χ1) is 5.65. The van der Waals surface area contributed by atoms with Crippen LogP contribution < -0.4 is 0 Å². The van der Waals surface area contributed by atoms with Crippen molar-refractivity contribution in [1.82, 2.24) is 0 Å². The summed E-state index contributed by atoms with van der Waals surface area (Å²) in [5.41, 5.74) is 0.313. The third-order valence-corrected chi connectivity index (χ3v) is 1.45. The van der Waals surface area contributed by atoms with Crippen LogP contribution in [0, 0.1) is 0 Å². The molecule has 1 heterocycles. The summed E-state index contributed by atoms with van der Waals surface area (Å²) in [5, 5.41) is 9.05. The molecule has 0 radical (unpaired) electrons. The van der Waals surface area contributed by atoms with E-state index < -0.39 is 12.1 Å². The fourth-order valence-electron chi connectivity index (χ4n) is 0.797. The van der Waals surface area contributed by atoms with E-state index in [1.165, 1.54) is 19.4 Å². The number of ether oxygens (including phenoxy) is 1. The predicted octanol–water partition coefficient (Wildman–Crippen LogP) is 1.12. The van der Waals surface area contributed by atoms with E-state index in [0.29, 0.717) is 11.3 Å². The molecule has 0 fully saturated rings. The highest BCUT2D eigenvalue weighted by Crippen LogP contribution is 2.15. The second kappa shape index (κ2) is 3.40. The van der Waals surface area contributed by atoms with E-state index in [0.717, 1.165) is 0 Å². The zero-order valence-corrected chi connectivity index (χ0v) is 6.90. The molecular formula is C8H10O4. The Labute approximate surface area is 69.8 Å². The van der Waals surface area contributed by atoms with Gasteiger partial charge in [-0.05, 0) is 13.0 Å². The molecule has 1 atom stereocenters. The van der Waals surface area contributed by atoms with Gasteiger partial charge in [-0.25, -0.2) is 4.79 Å². The predicted molar refractivity (Wildman–Crippen MR) is 40.7 cm³/mol. The summed E-state index contributed by atoms with van der Waals surface area (Å²) in [6.45, 7) is 1.56. The third kappa shape index (κ3) is 1.65. The van der Waals surface area contributed by atoms with Crippen molar-refractivity contribution in [2.24, 2.45) is 0 Å². The van der Waals surface area contributed by atoms with Crippen LogP contribution in [0.5, 0.6) is 0 Å². The van der Waals surface area contributed by atoms with Gasteiger partial charge >= 0.3 is 5.97 Å². The summed E-state index contributed by atoms with van der Waals surface area (Å²) in [5.74, 6) is -0.110. The zero-order valence-electron chi connectivity index (χ0n) is 6.90. The molecular weight excluding hydrogens is 160 g/mol. The molecule has 0 bridgehead atoms. The highest BCUT2D eigenvalue weighted by Gasteiger charge is 2.12. The maximum atomic E-state index is 10.9. The number of aliphatic hydroxyl groups excluding tert-OH is 1. The minimum atomic E-state index is -0.705. The average molecular weight is 170 g/mol. The minimum Gasteiger partial charge on any atom is -0.466 e. The smallest absolute Gasteiger partial charge is 0.341 e. The van der Waals surface area contributed by atoms with Gasteiger partial charge < -0.3 is 14.3 Å². The highest BCUT2D eigenvalue weighted by molar-refractivity contribution is 5.88. The Morgan fingerprint density at radius 1 is 1.75 bits per heavy atom. The highest BCUT2D eigenvalue weighted by atomic mass is 16.5. The number of hydrogen-bond acceptors (Lipinski definition) is 4. The second-order valence-electron chi connectivity index (χ2n) is 2.41. The van der Waals surface area contributed by atoms with E-state index in [9.17, 15) is 4.79 Å². The van der Waals surface area contributed by atoms with E-state index in [1.807, 2.05) is 0 Å². The fraction of sp³-hybridized carbons (Fsp3) is 0.375. The molecule has 0 spiro atoms. The number of aliphatic hydroxyl groups is 1. The molecule has 1 aromatic heterocycles. The third-order valence-electron chi connectivity index (χ3n) is 1.45. The van der Waals surface area contributed by atoms with Crippen LogP contribution in [0.25, 0.3) is 0 Å². The second-order valence-corrected chi connectivity index (χ2v) is 2.41. The van der Waals surface area contributed by atoms with Crippen molar-refractivity contribution in [1.29, 1.82) is 0 Å². The van der Waals surface area contributed by atoms with Crippen molar-refractivity contribution in [3.63, 3.8) is 0 Å². The Kier molecular flexibility index (Phi) is 2.50. The van der Waals surface area contributed by atoms with Crippen LogP contribution in [0.1, 0.15) is 29.1 Å². The summed E-state index contributed by atoms with van der Waals surface area (Å²) in [6, 6.07) is 1.45. The van der Waals surface area contributed by atoms with Gasteiger partial charge in [-0.15, -0.1) is 0 Å². The van der Waals surface area contributed by atoms with Gasteiger partial charge in [0.25, 0.3) is 0 Å². The Morgan fingerprint density at radius 3 is 2.83 bits per heavy atom. The van der Waals surface area contributed by atoms with Crippen molar-refractivity contribution in [2.75, 3.05) is 7.11 Å². The summed E-state index contributed by atoms with van der Waals surface area (Å²) in [6.07, 6.45) is 0.553. The Morgan fingerprint density at radius 2 is 2.42 bits per heavy atom. The van der Waals surface area contributed by atoms with E-state index in [2.05, 4.69) is 4.74 Å². The molecule has 0 aliphatic carbocycles. The van der Waals surface area contributed by atoms with Gasteiger partial charge in [0, 0.05) is 0 Å². The first-order valence-corrected chi connectivity index (χ1v) is 3.50. The summed E-state index contributed by atoms with van der Waals surface area (Å²) >= 11 is 0. The van der Waals surface area contributed by atoms with Gasteiger partial charge in [0.05, 0.1) is 12.7 Å². The van der Waals surface area contributed by atoms with E-state index in [-0.39, 0.29) is 0 Å². The standard InChI is InChI=1S/C8H10O4/c1-5(9)7-3-6(4-12-7)8(10)11-2/h3-5,9H,1-2H3/t5-/m1/s1. The van der Waals surface area contributed by atoms with Crippen molar-refractivity contribution >= 4 is 5.97 Å². The lowest BCUT2D eigenvalue weighted by Gasteiger charge is -1.95. The largest absolute Gasteiger partial charge is 0.466 e. The number of rotatable bonds is 2. The Bertz CT molecular complexity index is 274. The molecule has 0 unspecified atom stereocenters. The quantitative estimate of drug-likeness (QED) is 0.675. The molecule has 1 N–H and O–H groups in total. The molecule has 66 valence electrons. The normalized spacial score (nSPS) is 12.6. The fourth-order valence-corrected chi connectivity index (χ4v) is 0.797. The van der Waals surface area contributed by atoms with Gasteiger partial charge in [-0.1, -0.05) is 0 Å². The number of esters is 1. The van der Waals surface area contributed by atoms with Crippen molar-refractivity contribution in [2.45, 2.75) is 13.0 Å². The molecule has 1 rings (SSSR count). The van der Waals surface area contributed by atoms with E-state index in [1.54, 1.807) is 6.92 Å². The van der Waals surface area contributed by atoms with Gasteiger partial charge in [0.1, 0.15) is 18.1 Å². The number of furan rings is 1. The number of carbonyl (C=O) groups excluding carboxylic acids is 1. The summed E-state index contributed by atoms with van der Waals surface area (Å²) < 4.78 is 9.35. The SMILES string of the molecule is COC(=O)c1coc([C@@H](C)O)c1. The molecule has 0 saturated carbocycles. The summed E-state index contributed by atoms with van der Waals surface area (Å²) in [4.78, 5) is 10.9. The molecule has 0 amide bonds. The molecule has 0 aromatic carbocycles. The average Bonchev–Trinajstić information content (AvgIpc) is 2.51. The van der Waals surface area contributed by atoms with Crippen LogP contribution in [0.4, 0.5) is 0 Å². The maximum absolute atomic E-state index is 10.9. The molecule has 4 heteroatoms. The van der Waals surface area contributed by atoms with Crippen LogP contribution >= 0.6 is 0 Å². The first-order valence-electron chi connectivity index (χ1n) is 3.50. The zero-order chi connectivity index (χ0) is 9.14. The minimum absolute atomic E-state index is 0.313. The maximum Gasteiger partial charge on any atom is 0.341 e. The van der Waals surface area contributed by atoms with Crippen LogP contribution in [-0.4, -0.2) is 18.2 Å². The molecule has 0 aliphatic rings. The van der Waals surface area contributed by atoms with Crippen LogP contribution in [0.15, 0.2) is 16.7 Å². The van der Waals surface area contributed by atoms with Crippen LogP contribution in [0.2, 0.25) is 0 Å². The van der Waals surface area contributed by atoms with Gasteiger partial charge in [0.15, 0.2) is 0 Å². The van der Waals surface area contributed by atoms with Gasteiger partial charge in [-0.3, -0.25) is 0 Å². The molecule has 0 aliphatic heterocycles. The van der Waals surface area contributed by atoms with Crippen LogP contribution in [0.3, 0.4) is 0 Å². The van der Waals surface area contributed by atoms with Gasteiger partial charge in [-0.2, -0.15) is 0 Å². The van der Waals surface area contributed by atoms with Crippen LogP contribution in [-0.2, 0) is 4.74 Å². The number of methoxy groups -OCH3 is 1. The van der Waals surface area contributed by atoms with E-state index in [4.69, 9.17) is 9.52 Å². The molecule has 4 nitrogen and oxygen atoms in total. The van der Waals surface area contributed by atoms with Crippen molar-refractivity contribution in [3.8, 4) is 0 Å². The Balaban J connectivity index is 2.84. The van der Waals surface area contributed by atoms with Gasteiger partial charge in [0.2, 0.25) is 0 Å². The summed E-state index contributed by atoms with van der Waals surface area (Å²) in [7, 11) is 1.29. The lowest BCUT2D eigenvalue weighted by Crippen LogP contribution is -1.98. The van der Waals surface area contributed by atoms with E-state index >= 15 is 0 Å². The Hall–Kier alpha value is -1.29. The molecule has 12 heavy (non-hydrogen) atoms. The first kappa shape index (κ1) is 8.80. The monoisotopic (exact) mass is 170 g/mol. The molecule has 0 saturated heterocycles. The lowest BCUT2D eigenvalue weighted by atomic mass is 10.2. The van der Waals surface area contributed by atoms with Crippen molar-refractivity contribution in [3.05, 3.63) is 23.7 Å². The molecule has 1 aromatic rings. The van der Waals surface area contributed by atoms with Crippen molar-refractivity contribution < 1.29 is 19.1 Å². The number of carbonyl (C=O) groups is 1. The number of hydrogen-bond donors (Lipinski definition) is 1. The lowest BCUT2D eigenvalue weighted by molar-refractivity contribution is 0.0600. The topological polar surface area (TPSA) is 59.7 Å².